The lowest BCUT2D eigenvalue weighted by molar-refractivity contribution is 0.297. The molecule has 0 aliphatic rings. The lowest BCUT2D eigenvalue weighted by Gasteiger charge is -2.05. The Bertz CT molecular complexity index is 471. The van der Waals surface area contributed by atoms with Crippen molar-refractivity contribution in [3.63, 3.8) is 0 Å². The number of aromatic nitrogens is 2. The Kier molecular flexibility index (Phi) is 5.31. The first-order chi connectivity index (χ1) is 9.38. The highest BCUT2D eigenvalue weighted by Crippen LogP contribution is 2.06. The van der Waals surface area contributed by atoms with Gasteiger partial charge in [0.05, 0.1) is 24.7 Å². The third-order valence-electron chi connectivity index (χ3n) is 2.74. The van der Waals surface area contributed by atoms with Crippen LogP contribution in [0.5, 0.6) is 5.88 Å². The van der Waals surface area contributed by atoms with E-state index in [1.807, 2.05) is 13.1 Å². The second-order valence-electron chi connectivity index (χ2n) is 4.31. The molecule has 0 spiro atoms. The van der Waals surface area contributed by atoms with Crippen LogP contribution in [0.25, 0.3) is 0 Å². The fourth-order valence-corrected chi connectivity index (χ4v) is 1.79. The Hall–Kier alpha value is -1.94. The predicted octanol–water partition coefficient (Wildman–Crippen LogP) is 2.21. The lowest BCUT2D eigenvalue weighted by atomic mass is 10.1. The van der Waals surface area contributed by atoms with Crippen LogP contribution in [0.2, 0.25) is 0 Å². The molecule has 100 valence electrons. The van der Waals surface area contributed by atoms with Crippen LogP contribution in [0.3, 0.4) is 0 Å². The molecule has 0 aliphatic heterocycles. The van der Waals surface area contributed by atoms with Gasteiger partial charge in [-0.15, -0.1) is 0 Å². The fourth-order valence-electron chi connectivity index (χ4n) is 1.79. The summed E-state index contributed by atoms with van der Waals surface area (Å²) in [5, 5.41) is 3.03. The quantitative estimate of drug-likeness (QED) is 0.773. The average Bonchev–Trinajstić information content (AvgIpc) is 2.47. The molecule has 0 radical (unpaired) electrons. The van der Waals surface area contributed by atoms with Crippen molar-refractivity contribution in [2.45, 2.75) is 19.4 Å². The molecule has 0 bridgehead atoms. The SMILES string of the molecule is CNCc1cnc(OCCCc2ccccc2)cn1. The molecule has 1 aromatic heterocycles. The first-order valence-corrected chi connectivity index (χ1v) is 6.51. The molecule has 2 rings (SSSR count). The topological polar surface area (TPSA) is 47.0 Å². The zero-order valence-electron chi connectivity index (χ0n) is 11.2. The van der Waals surface area contributed by atoms with Crippen LogP contribution in [0.15, 0.2) is 42.7 Å². The van der Waals surface area contributed by atoms with Crippen molar-refractivity contribution < 1.29 is 4.74 Å². The van der Waals surface area contributed by atoms with Gasteiger partial charge in [0, 0.05) is 6.54 Å². The molecule has 4 nitrogen and oxygen atoms in total. The summed E-state index contributed by atoms with van der Waals surface area (Å²) in [6.07, 6.45) is 5.41. The van der Waals surface area contributed by atoms with Gasteiger partial charge in [-0.2, -0.15) is 0 Å². The maximum absolute atomic E-state index is 5.57. The van der Waals surface area contributed by atoms with Crippen LogP contribution in [-0.4, -0.2) is 23.6 Å². The van der Waals surface area contributed by atoms with Gasteiger partial charge in [-0.1, -0.05) is 30.3 Å². The van der Waals surface area contributed by atoms with Crippen LogP contribution in [-0.2, 0) is 13.0 Å². The third kappa shape index (κ3) is 4.67. The van der Waals surface area contributed by atoms with E-state index in [1.54, 1.807) is 12.4 Å². The minimum Gasteiger partial charge on any atom is -0.477 e. The molecule has 19 heavy (non-hydrogen) atoms. The van der Waals surface area contributed by atoms with Gasteiger partial charge in [0.25, 0.3) is 0 Å². The van der Waals surface area contributed by atoms with Gasteiger partial charge < -0.3 is 10.1 Å². The van der Waals surface area contributed by atoms with Gasteiger partial charge in [0.1, 0.15) is 0 Å². The highest BCUT2D eigenvalue weighted by molar-refractivity contribution is 5.14. The van der Waals surface area contributed by atoms with Crippen LogP contribution < -0.4 is 10.1 Å². The molecular formula is C15H19N3O. The van der Waals surface area contributed by atoms with E-state index < -0.39 is 0 Å². The van der Waals surface area contributed by atoms with E-state index in [0.717, 1.165) is 25.1 Å². The smallest absolute Gasteiger partial charge is 0.232 e. The fraction of sp³-hybridized carbons (Fsp3) is 0.333. The molecular weight excluding hydrogens is 238 g/mol. The van der Waals surface area contributed by atoms with Crippen molar-refractivity contribution in [3.05, 3.63) is 54.0 Å². The minimum absolute atomic E-state index is 0.591. The molecule has 0 amide bonds. The Labute approximate surface area is 113 Å². The number of nitrogens with zero attached hydrogens (tertiary/aromatic N) is 2. The molecule has 1 N–H and O–H groups in total. The van der Waals surface area contributed by atoms with E-state index in [2.05, 4.69) is 39.6 Å². The van der Waals surface area contributed by atoms with Gasteiger partial charge >= 0.3 is 0 Å². The summed E-state index contributed by atoms with van der Waals surface area (Å²) >= 11 is 0. The molecule has 0 aliphatic carbocycles. The van der Waals surface area contributed by atoms with Gasteiger partial charge in [-0.3, -0.25) is 4.98 Å². The zero-order valence-corrected chi connectivity index (χ0v) is 11.2. The molecule has 2 aromatic rings. The summed E-state index contributed by atoms with van der Waals surface area (Å²) < 4.78 is 5.57. The maximum atomic E-state index is 5.57. The Morgan fingerprint density at radius 3 is 2.63 bits per heavy atom. The first kappa shape index (κ1) is 13.5. The molecule has 0 saturated carbocycles. The summed E-state index contributed by atoms with van der Waals surface area (Å²) in [6.45, 7) is 1.39. The Balaban J connectivity index is 1.70. The number of hydrogen-bond donors (Lipinski definition) is 1. The number of aryl methyl sites for hydroxylation is 1. The summed E-state index contributed by atoms with van der Waals surface area (Å²) in [5.41, 5.74) is 2.25. The first-order valence-electron chi connectivity index (χ1n) is 6.51. The molecule has 0 unspecified atom stereocenters. The minimum atomic E-state index is 0.591. The van der Waals surface area contributed by atoms with E-state index >= 15 is 0 Å². The Morgan fingerprint density at radius 1 is 1.11 bits per heavy atom. The molecule has 0 atom stereocenters. The summed E-state index contributed by atoms with van der Waals surface area (Å²) in [6, 6.07) is 10.4. The summed E-state index contributed by atoms with van der Waals surface area (Å²) in [4.78, 5) is 8.47. The number of ether oxygens (including phenoxy) is 1. The predicted molar refractivity (Wildman–Crippen MR) is 75.1 cm³/mol. The van der Waals surface area contributed by atoms with Crippen molar-refractivity contribution >= 4 is 0 Å². The number of nitrogens with one attached hydrogen (secondary N) is 1. The second kappa shape index (κ2) is 7.48. The van der Waals surface area contributed by atoms with E-state index in [0.29, 0.717) is 12.5 Å². The standard InChI is InChI=1S/C15H19N3O/c1-16-10-14-11-18-15(12-17-14)19-9-5-8-13-6-3-2-4-7-13/h2-4,6-7,11-12,16H,5,8-10H2,1H3. The van der Waals surface area contributed by atoms with Crippen LogP contribution in [0.1, 0.15) is 17.7 Å². The average molecular weight is 257 g/mol. The van der Waals surface area contributed by atoms with Crippen LogP contribution >= 0.6 is 0 Å². The van der Waals surface area contributed by atoms with Gasteiger partial charge in [0.2, 0.25) is 5.88 Å². The lowest BCUT2D eigenvalue weighted by Crippen LogP contribution is -2.08. The van der Waals surface area contributed by atoms with Gasteiger partial charge in [-0.05, 0) is 25.5 Å². The third-order valence-corrected chi connectivity index (χ3v) is 2.74. The van der Waals surface area contributed by atoms with Gasteiger partial charge in [0.15, 0.2) is 0 Å². The van der Waals surface area contributed by atoms with Crippen molar-refractivity contribution in [1.82, 2.24) is 15.3 Å². The summed E-state index contributed by atoms with van der Waals surface area (Å²) in [5.74, 6) is 0.591. The molecule has 0 fully saturated rings. The number of hydrogen-bond acceptors (Lipinski definition) is 4. The Morgan fingerprint density at radius 2 is 1.95 bits per heavy atom. The highest BCUT2D eigenvalue weighted by atomic mass is 16.5. The normalized spacial score (nSPS) is 10.4. The molecule has 1 aromatic carbocycles. The van der Waals surface area contributed by atoms with Crippen LogP contribution in [0, 0.1) is 0 Å². The van der Waals surface area contributed by atoms with Crippen molar-refractivity contribution in [3.8, 4) is 5.88 Å². The molecule has 0 saturated heterocycles. The maximum Gasteiger partial charge on any atom is 0.232 e. The van der Waals surface area contributed by atoms with Crippen molar-refractivity contribution in [2.24, 2.45) is 0 Å². The largest absolute Gasteiger partial charge is 0.477 e. The zero-order chi connectivity index (χ0) is 13.3. The molecule has 1 heterocycles. The number of rotatable bonds is 7. The van der Waals surface area contributed by atoms with E-state index in [1.165, 1.54) is 5.56 Å². The highest BCUT2D eigenvalue weighted by Gasteiger charge is 1.98. The molecule has 4 heteroatoms. The van der Waals surface area contributed by atoms with Gasteiger partial charge in [-0.25, -0.2) is 4.98 Å². The van der Waals surface area contributed by atoms with E-state index in [4.69, 9.17) is 4.74 Å². The summed E-state index contributed by atoms with van der Waals surface area (Å²) in [7, 11) is 1.88. The van der Waals surface area contributed by atoms with Crippen molar-refractivity contribution in [1.29, 1.82) is 0 Å². The van der Waals surface area contributed by atoms with E-state index in [-0.39, 0.29) is 0 Å². The van der Waals surface area contributed by atoms with E-state index in [9.17, 15) is 0 Å². The monoisotopic (exact) mass is 257 g/mol. The number of benzene rings is 1. The van der Waals surface area contributed by atoms with Crippen molar-refractivity contribution in [2.75, 3.05) is 13.7 Å². The second-order valence-corrected chi connectivity index (χ2v) is 4.31. The van der Waals surface area contributed by atoms with Crippen LogP contribution in [0.4, 0.5) is 0 Å².